The molecule has 0 saturated carbocycles. The minimum Gasteiger partial charge on any atom is -0.481 e. The average Bonchev–Trinajstić information content (AvgIpc) is 2.44. The van der Waals surface area contributed by atoms with Crippen LogP contribution in [-0.4, -0.2) is 23.1 Å². The van der Waals surface area contributed by atoms with E-state index in [0.717, 1.165) is 19.3 Å². The number of esters is 1. The molecule has 0 aliphatic heterocycles. The van der Waals surface area contributed by atoms with Gasteiger partial charge in [0.2, 0.25) is 0 Å². The van der Waals surface area contributed by atoms with Gasteiger partial charge in [-0.1, -0.05) is 64.9 Å². The van der Waals surface area contributed by atoms with Crippen LogP contribution in [0, 0.1) is 5.92 Å². The highest BCUT2D eigenvalue weighted by Gasteiger charge is 2.26. The average molecular weight is 312 g/mol. The number of carboxylic acids is 1. The van der Waals surface area contributed by atoms with Crippen LogP contribution in [-0.2, 0) is 14.3 Å². The molecule has 1 atom stereocenters. The molecule has 0 rings (SSSR count). The highest BCUT2D eigenvalue weighted by atomic mass is 16.5. The lowest BCUT2D eigenvalue weighted by atomic mass is 9.93. The molecule has 0 radical (unpaired) electrons. The SMILES string of the molecule is C=C(C(=O)OC(C)C)C(CCCCCCCCCC)C(=O)O. The molecule has 1 unspecified atom stereocenters. The topological polar surface area (TPSA) is 63.6 Å². The normalized spacial score (nSPS) is 12.2. The number of hydrogen-bond acceptors (Lipinski definition) is 3. The summed E-state index contributed by atoms with van der Waals surface area (Å²) in [5.74, 6) is -2.41. The third-order valence-corrected chi connectivity index (χ3v) is 3.67. The van der Waals surface area contributed by atoms with E-state index in [1.807, 2.05) is 0 Å². The predicted molar refractivity (Wildman–Crippen MR) is 88.7 cm³/mol. The van der Waals surface area contributed by atoms with Gasteiger partial charge in [-0.2, -0.15) is 0 Å². The molecule has 22 heavy (non-hydrogen) atoms. The van der Waals surface area contributed by atoms with Crippen LogP contribution in [0.5, 0.6) is 0 Å². The molecule has 4 nitrogen and oxygen atoms in total. The van der Waals surface area contributed by atoms with Gasteiger partial charge in [-0.15, -0.1) is 0 Å². The number of ether oxygens (including phenoxy) is 1. The van der Waals surface area contributed by atoms with Gasteiger partial charge >= 0.3 is 11.9 Å². The molecular formula is C18H32O4. The molecule has 0 spiro atoms. The van der Waals surface area contributed by atoms with Crippen molar-refractivity contribution in [2.45, 2.75) is 84.7 Å². The molecular weight excluding hydrogens is 280 g/mol. The van der Waals surface area contributed by atoms with Crippen LogP contribution in [0.4, 0.5) is 0 Å². The van der Waals surface area contributed by atoms with E-state index in [-0.39, 0.29) is 11.7 Å². The first kappa shape index (κ1) is 20.7. The summed E-state index contributed by atoms with van der Waals surface area (Å²) in [5.41, 5.74) is 0.0594. The van der Waals surface area contributed by atoms with Crippen molar-refractivity contribution in [3.63, 3.8) is 0 Å². The first-order chi connectivity index (χ1) is 10.4. The van der Waals surface area contributed by atoms with Crippen molar-refractivity contribution in [2.75, 3.05) is 0 Å². The van der Waals surface area contributed by atoms with Gasteiger partial charge in [0.05, 0.1) is 12.0 Å². The molecule has 0 bridgehead atoms. The van der Waals surface area contributed by atoms with Crippen LogP contribution in [0.3, 0.4) is 0 Å². The van der Waals surface area contributed by atoms with Crippen molar-refractivity contribution in [1.29, 1.82) is 0 Å². The molecule has 128 valence electrons. The van der Waals surface area contributed by atoms with Crippen molar-refractivity contribution in [3.8, 4) is 0 Å². The van der Waals surface area contributed by atoms with Gasteiger partial charge < -0.3 is 9.84 Å². The Labute approximate surface area is 134 Å². The van der Waals surface area contributed by atoms with E-state index in [4.69, 9.17) is 4.74 Å². The van der Waals surface area contributed by atoms with Gasteiger partial charge in [-0.3, -0.25) is 4.79 Å². The molecule has 0 heterocycles. The first-order valence-corrected chi connectivity index (χ1v) is 8.52. The first-order valence-electron chi connectivity index (χ1n) is 8.52. The fraction of sp³-hybridized carbons (Fsp3) is 0.778. The molecule has 0 aliphatic rings. The summed E-state index contributed by atoms with van der Waals surface area (Å²) in [5, 5.41) is 9.26. The van der Waals surface area contributed by atoms with Crippen LogP contribution in [0.1, 0.15) is 78.6 Å². The second kappa shape index (κ2) is 12.2. The Bertz CT molecular complexity index is 347. The summed E-state index contributed by atoms with van der Waals surface area (Å²) < 4.78 is 5.02. The molecule has 0 aromatic rings. The highest BCUT2D eigenvalue weighted by molar-refractivity contribution is 5.94. The third-order valence-electron chi connectivity index (χ3n) is 3.67. The second-order valence-corrected chi connectivity index (χ2v) is 6.13. The Hall–Kier alpha value is -1.32. The highest BCUT2D eigenvalue weighted by Crippen LogP contribution is 2.20. The Morgan fingerprint density at radius 3 is 1.95 bits per heavy atom. The van der Waals surface area contributed by atoms with Crippen molar-refractivity contribution in [1.82, 2.24) is 0 Å². The maximum atomic E-state index is 11.7. The van der Waals surface area contributed by atoms with Crippen LogP contribution >= 0.6 is 0 Å². The molecule has 0 aromatic carbocycles. The Kier molecular flexibility index (Phi) is 11.5. The fourth-order valence-electron chi connectivity index (χ4n) is 2.36. The lowest BCUT2D eigenvalue weighted by Crippen LogP contribution is -2.24. The smallest absolute Gasteiger partial charge is 0.334 e. The number of carbonyl (C=O) groups is 2. The van der Waals surface area contributed by atoms with Crippen LogP contribution in [0.25, 0.3) is 0 Å². The number of aliphatic carboxylic acids is 1. The Balaban J connectivity index is 4.03. The van der Waals surface area contributed by atoms with Crippen LogP contribution in [0.2, 0.25) is 0 Å². The van der Waals surface area contributed by atoms with Crippen LogP contribution < -0.4 is 0 Å². The van der Waals surface area contributed by atoms with E-state index in [1.54, 1.807) is 13.8 Å². The van der Waals surface area contributed by atoms with Gasteiger partial charge in [0.1, 0.15) is 0 Å². The summed E-state index contributed by atoms with van der Waals surface area (Å²) in [7, 11) is 0. The summed E-state index contributed by atoms with van der Waals surface area (Å²) in [6.07, 6.45) is 9.40. The summed E-state index contributed by atoms with van der Waals surface area (Å²) in [6, 6.07) is 0. The summed E-state index contributed by atoms with van der Waals surface area (Å²) in [4.78, 5) is 23.1. The number of carbonyl (C=O) groups excluding carboxylic acids is 1. The zero-order chi connectivity index (χ0) is 17.0. The number of unbranched alkanes of at least 4 members (excludes halogenated alkanes) is 7. The summed E-state index contributed by atoms with van der Waals surface area (Å²) in [6.45, 7) is 9.29. The molecule has 4 heteroatoms. The van der Waals surface area contributed by atoms with Crippen molar-refractivity contribution in [2.24, 2.45) is 5.92 Å². The maximum Gasteiger partial charge on any atom is 0.334 e. The largest absolute Gasteiger partial charge is 0.481 e. The van der Waals surface area contributed by atoms with Crippen molar-refractivity contribution >= 4 is 11.9 Å². The number of rotatable bonds is 13. The lowest BCUT2D eigenvalue weighted by Gasteiger charge is -2.16. The van der Waals surface area contributed by atoms with E-state index in [1.165, 1.54) is 32.1 Å². The van der Waals surface area contributed by atoms with Crippen LogP contribution in [0.15, 0.2) is 12.2 Å². The number of hydrogen-bond donors (Lipinski definition) is 1. The van der Waals surface area contributed by atoms with E-state index in [9.17, 15) is 14.7 Å². The van der Waals surface area contributed by atoms with E-state index in [0.29, 0.717) is 6.42 Å². The second-order valence-electron chi connectivity index (χ2n) is 6.13. The quantitative estimate of drug-likeness (QED) is 0.303. The maximum absolute atomic E-state index is 11.7. The zero-order valence-corrected chi connectivity index (χ0v) is 14.4. The predicted octanol–water partition coefficient (Wildman–Crippen LogP) is 4.73. The zero-order valence-electron chi connectivity index (χ0n) is 14.4. The molecule has 1 N–H and O–H groups in total. The minimum atomic E-state index is -0.992. The molecule has 0 saturated heterocycles. The standard InChI is InChI=1S/C18H32O4/c1-5-6-7-8-9-10-11-12-13-16(17(19)20)15(4)18(21)22-14(2)3/h14,16H,4-13H2,1-3H3,(H,19,20). The monoisotopic (exact) mass is 312 g/mol. The van der Waals surface area contributed by atoms with Gasteiger partial charge in [0.15, 0.2) is 0 Å². The van der Waals surface area contributed by atoms with Crippen molar-refractivity contribution < 1.29 is 19.4 Å². The van der Waals surface area contributed by atoms with Gasteiger partial charge in [-0.05, 0) is 20.3 Å². The van der Waals surface area contributed by atoms with Gasteiger partial charge in [0.25, 0.3) is 0 Å². The Morgan fingerprint density at radius 1 is 1.00 bits per heavy atom. The molecule has 0 fully saturated rings. The molecule has 0 aliphatic carbocycles. The van der Waals surface area contributed by atoms with Crippen molar-refractivity contribution in [3.05, 3.63) is 12.2 Å². The third kappa shape index (κ3) is 9.59. The van der Waals surface area contributed by atoms with E-state index >= 15 is 0 Å². The lowest BCUT2D eigenvalue weighted by molar-refractivity contribution is -0.148. The fourth-order valence-corrected chi connectivity index (χ4v) is 2.36. The number of carboxylic acid groups (broad SMARTS) is 1. The minimum absolute atomic E-state index is 0.0594. The van der Waals surface area contributed by atoms with E-state index < -0.39 is 17.9 Å². The van der Waals surface area contributed by atoms with Gasteiger partial charge in [0, 0.05) is 5.57 Å². The van der Waals surface area contributed by atoms with E-state index in [2.05, 4.69) is 13.5 Å². The van der Waals surface area contributed by atoms with Gasteiger partial charge in [-0.25, -0.2) is 4.79 Å². The Morgan fingerprint density at radius 2 is 1.50 bits per heavy atom. The molecule has 0 amide bonds. The molecule has 0 aromatic heterocycles. The summed E-state index contributed by atoms with van der Waals surface area (Å²) >= 11 is 0.